The molecule has 0 bridgehead atoms. The van der Waals surface area contributed by atoms with Gasteiger partial charge in [-0.05, 0) is 42.7 Å². The Bertz CT molecular complexity index is 637. The molecule has 0 fully saturated rings. The van der Waals surface area contributed by atoms with E-state index >= 15 is 0 Å². The average Bonchev–Trinajstić information content (AvgIpc) is 2.48. The molecule has 0 spiro atoms. The van der Waals surface area contributed by atoms with Crippen LogP contribution in [0.5, 0.6) is 0 Å². The maximum atomic E-state index is 12.4. The van der Waals surface area contributed by atoms with Gasteiger partial charge < -0.3 is 10.6 Å². The first-order valence-electron chi connectivity index (χ1n) is 6.92. The van der Waals surface area contributed by atoms with E-state index in [0.717, 1.165) is 28.9 Å². The third kappa shape index (κ3) is 2.16. The molecule has 0 aliphatic carbocycles. The lowest BCUT2D eigenvalue weighted by Crippen LogP contribution is -2.37. The summed E-state index contributed by atoms with van der Waals surface area (Å²) in [7, 11) is 0. The van der Waals surface area contributed by atoms with Crippen molar-refractivity contribution < 1.29 is 4.79 Å². The van der Waals surface area contributed by atoms with Crippen LogP contribution in [0.2, 0.25) is 0 Å². The summed E-state index contributed by atoms with van der Waals surface area (Å²) in [6.45, 7) is 2.07. The van der Waals surface area contributed by atoms with Gasteiger partial charge in [0.1, 0.15) is 0 Å². The molecule has 1 amide bonds. The van der Waals surface area contributed by atoms with Crippen molar-refractivity contribution in [2.24, 2.45) is 0 Å². The fourth-order valence-electron chi connectivity index (χ4n) is 2.84. The Morgan fingerprint density at radius 3 is 2.60 bits per heavy atom. The van der Waals surface area contributed by atoms with Crippen LogP contribution in [-0.4, -0.2) is 5.91 Å². The van der Waals surface area contributed by atoms with Crippen LogP contribution in [-0.2, 0) is 11.2 Å². The van der Waals surface area contributed by atoms with Crippen molar-refractivity contribution in [1.82, 2.24) is 0 Å². The Labute approximate surface area is 119 Å². The number of nitrogens with zero attached hydrogens (tertiary/aromatic N) is 1. The average molecular weight is 266 g/mol. The summed E-state index contributed by atoms with van der Waals surface area (Å²) in [6.07, 6.45) is 1.32. The first-order valence-corrected chi connectivity index (χ1v) is 6.92. The maximum Gasteiger partial charge on any atom is 0.227 e. The monoisotopic (exact) mass is 266 g/mol. The predicted molar refractivity (Wildman–Crippen MR) is 81.5 cm³/mol. The van der Waals surface area contributed by atoms with Gasteiger partial charge in [0.05, 0.1) is 6.04 Å². The highest BCUT2D eigenvalue weighted by Crippen LogP contribution is 2.35. The number of nitrogen functional groups attached to an aromatic ring is 1. The third-order valence-corrected chi connectivity index (χ3v) is 3.91. The number of carbonyl (C=O) groups excluding carboxylic acids is 1. The number of hydrogen-bond donors (Lipinski definition) is 1. The second-order valence-corrected chi connectivity index (χ2v) is 5.24. The van der Waals surface area contributed by atoms with Gasteiger partial charge in [-0.3, -0.25) is 4.79 Å². The van der Waals surface area contributed by atoms with Crippen molar-refractivity contribution in [2.75, 3.05) is 10.6 Å². The highest BCUT2D eigenvalue weighted by atomic mass is 16.2. The molecule has 2 aromatic carbocycles. The summed E-state index contributed by atoms with van der Waals surface area (Å²) in [5.41, 5.74) is 9.90. The molecule has 0 radical (unpaired) electrons. The molecule has 2 N–H and O–H groups in total. The number of aryl methyl sites for hydroxylation is 1. The molecule has 1 aliphatic heterocycles. The normalized spacial score (nSPS) is 15.8. The van der Waals surface area contributed by atoms with Crippen LogP contribution in [0.4, 0.5) is 11.4 Å². The molecule has 1 aliphatic rings. The maximum absolute atomic E-state index is 12.4. The van der Waals surface area contributed by atoms with Crippen LogP contribution in [0.25, 0.3) is 0 Å². The lowest BCUT2D eigenvalue weighted by molar-refractivity contribution is -0.119. The third-order valence-electron chi connectivity index (χ3n) is 3.91. The van der Waals surface area contributed by atoms with Crippen molar-refractivity contribution in [3.05, 3.63) is 59.7 Å². The summed E-state index contributed by atoms with van der Waals surface area (Å²) in [6, 6.07) is 16.0. The van der Waals surface area contributed by atoms with Crippen LogP contribution in [0.3, 0.4) is 0 Å². The molecule has 2 aromatic rings. The van der Waals surface area contributed by atoms with E-state index in [4.69, 9.17) is 5.73 Å². The van der Waals surface area contributed by atoms with Crippen LogP contribution < -0.4 is 10.6 Å². The molecule has 1 heterocycles. The van der Waals surface area contributed by atoms with Crippen molar-refractivity contribution in [2.45, 2.75) is 25.8 Å². The summed E-state index contributed by atoms with van der Waals surface area (Å²) < 4.78 is 0. The molecule has 20 heavy (non-hydrogen) atoms. The molecule has 0 aromatic heterocycles. The Hall–Kier alpha value is -2.29. The van der Waals surface area contributed by atoms with Crippen molar-refractivity contribution in [1.29, 1.82) is 0 Å². The van der Waals surface area contributed by atoms with Gasteiger partial charge >= 0.3 is 0 Å². The predicted octanol–water partition coefficient (Wildman–Crippen LogP) is 3.31. The zero-order valence-electron chi connectivity index (χ0n) is 11.5. The van der Waals surface area contributed by atoms with Crippen LogP contribution in [0.1, 0.15) is 30.5 Å². The van der Waals surface area contributed by atoms with E-state index in [1.807, 2.05) is 41.3 Å². The number of rotatable bonds is 2. The molecule has 1 atom stereocenters. The highest BCUT2D eigenvalue weighted by Gasteiger charge is 2.28. The number of anilines is 2. The SMILES string of the molecule is CC(c1ccccc1)N1C(=O)CCc2cc(N)ccc21. The number of benzene rings is 2. The fraction of sp³-hybridized carbons (Fsp3) is 0.235. The first kappa shape index (κ1) is 12.7. The van der Waals surface area contributed by atoms with E-state index in [9.17, 15) is 4.79 Å². The molecule has 102 valence electrons. The Morgan fingerprint density at radius 1 is 1.10 bits per heavy atom. The van der Waals surface area contributed by atoms with E-state index in [0.29, 0.717) is 6.42 Å². The fourth-order valence-corrected chi connectivity index (χ4v) is 2.84. The smallest absolute Gasteiger partial charge is 0.227 e. The summed E-state index contributed by atoms with van der Waals surface area (Å²) in [4.78, 5) is 14.2. The quantitative estimate of drug-likeness (QED) is 0.848. The minimum atomic E-state index is 0.0337. The zero-order chi connectivity index (χ0) is 14.1. The second kappa shape index (κ2) is 5.00. The number of amides is 1. The van der Waals surface area contributed by atoms with Gasteiger partial charge in [-0.2, -0.15) is 0 Å². The molecule has 3 rings (SSSR count). The summed E-state index contributed by atoms with van der Waals surface area (Å²) in [5.74, 6) is 0.179. The molecule has 3 nitrogen and oxygen atoms in total. The number of nitrogens with two attached hydrogens (primary N) is 1. The standard InChI is InChI=1S/C17H18N2O/c1-12(13-5-3-2-4-6-13)19-16-9-8-15(18)11-14(16)7-10-17(19)20/h2-6,8-9,11-12H,7,10,18H2,1H3. The molecule has 3 heteroatoms. The Kier molecular flexibility index (Phi) is 3.18. The highest BCUT2D eigenvalue weighted by molar-refractivity contribution is 5.97. The molecule has 0 saturated carbocycles. The largest absolute Gasteiger partial charge is 0.399 e. The molecular weight excluding hydrogens is 248 g/mol. The van der Waals surface area contributed by atoms with Gasteiger partial charge in [0, 0.05) is 17.8 Å². The molecule has 0 saturated heterocycles. The lowest BCUT2D eigenvalue weighted by Gasteiger charge is -2.34. The minimum absolute atomic E-state index is 0.0337. The van der Waals surface area contributed by atoms with Gasteiger partial charge in [0.25, 0.3) is 0 Å². The van der Waals surface area contributed by atoms with Crippen molar-refractivity contribution in [3.8, 4) is 0 Å². The van der Waals surface area contributed by atoms with E-state index in [-0.39, 0.29) is 11.9 Å². The number of hydrogen-bond acceptors (Lipinski definition) is 2. The van der Waals surface area contributed by atoms with Crippen LogP contribution in [0.15, 0.2) is 48.5 Å². The van der Waals surface area contributed by atoms with Crippen molar-refractivity contribution in [3.63, 3.8) is 0 Å². The van der Waals surface area contributed by atoms with Gasteiger partial charge in [-0.1, -0.05) is 30.3 Å². The summed E-state index contributed by atoms with van der Waals surface area (Å²) >= 11 is 0. The molecule has 1 unspecified atom stereocenters. The van der Waals surface area contributed by atoms with E-state index in [1.165, 1.54) is 0 Å². The van der Waals surface area contributed by atoms with Gasteiger partial charge in [0.2, 0.25) is 5.91 Å². The van der Waals surface area contributed by atoms with Gasteiger partial charge in [-0.15, -0.1) is 0 Å². The summed E-state index contributed by atoms with van der Waals surface area (Å²) in [5, 5.41) is 0. The Balaban J connectivity index is 2.03. The zero-order valence-corrected chi connectivity index (χ0v) is 11.5. The number of fused-ring (bicyclic) bond motifs is 1. The lowest BCUT2D eigenvalue weighted by atomic mass is 9.97. The van der Waals surface area contributed by atoms with Gasteiger partial charge in [0.15, 0.2) is 0 Å². The second-order valence-electron chi connectivity index (χ2n) is 5.24. The van der Waals surface area contributed by atoms with Crippen LogP contribution >= 0.6 is 0 Å². The van der Waals surface area contributed by atoms with E-state index < -0.39 is 0 Å². The topological polar surface area (TPSA) is 46.3 Å². The van der Waals surface area contributed by atoms with Crippen LogP contribution in [0, 0.1) is 0 Å². The van der Waals surface area contributed by atoms with Crippen molar-refractivity contribution >= 4 is 17.3 Å². The minimum Gasteiger partial charge on any atom is -0.399 e. The Morgan fingerprint density at radius 2 is 1.85 bits per heavy atom. The first-order chi connectivity index (χ1) is 9.66. The van der Waals surface area contributed by atoms with E-state index in [1.54, 1.807) is 0 Å². The number of carbonyl (C=O) groups is 1. The van der Waals surface area contributed by atoms with Gasteiger partial charge in [-0.25, -0.2) is 0 Å². The van der Waals surface area contributed by atoms with E-state index in [2.05, 4.69) is 19.1 Å². The molecular formula is C17H18N2O.